The van der Waals surface area contributed by atoms with Crippen molar-refractivity contribution in [3.63, 3.8) is 0 Å². The monoisotopic (exact) mass is 396 g/mol. The highest BCUT2D eigenvalue weighted by atomic mass is 32.1. The normalized spacial score (nSPS) is 33.7. The number of hydrogen-bond donors (Lipinski definition) is 0. The van der Waals surface area contributed by atoms with Gasteiger partial charge in [-0.15, -0.1) is 11.3 Å². The number of benzene rings is 1. The first-order valence-electron chi connectivity index (χ1n) is 11.6. The maximum absolute atomic E-state index is 4.99. The Labute approximate surface area is 174 Å². The maximum Gasteiger partial charge on any atom is 0.0941 e. The molecule has 3 fully saturated rings. The lowest BCUT2D eigenvalue weighted by Gasteiger charge is -2.45. The summed E-state index contributed by atoms with van der Waals surface area (Å²) in [4.78, 5) is 7.72. The minimum absolute atomic E-state index is 0.649. The van der Waals surface area contributed by atoms with Crippen molar-refractivity contribution in [3.05, 3.63) is 28.8 Å². The van der Waals surface area contributed by atoms with E-state index in [1.807, 2.05) is 11.3 Å². The van der Waals surface area contributed by atoms with Crippen molar-refractivity contribution in [2.75, 3.05) is 13.1 Å². The summed E-state index contributed by atoms with van der Waals surface area (Å²) in [6.45, 7) is 12.1. The molecule has 152 valence electrons. The van der Waals surface area contributed by atoms with Crippen LogP contribution in [0.3, 0.4) is 0 Å². The van der Waals surface area contributed by atoms with E-state index in [1.54, 1.807) is 5.56 Å². The summed E-state index contributed by atoms with van der Waals surface area (Å²) in [5.74, 6) is 3.39. The van der Waals surface area contributed by atoms with Crippen molar-refractivity contribution in [1.29, 1.82) is 0 Å². The summed E-state index contributed by atoms with van der Waals surface area (Å²) in [6, 6.07) is 7.84. The van der Waals surface area contributed by atoms with Gasteiger partial charge in [0.15, 0.2) is 0 Å². The zero-order valence-corrected chi connectivity index (χ0v) is 18.9. The lowest BCUT2D eigenvalue weighted by atomic mass is 9.60. The predicted molar refractivity (Wildman–Crippen MR) is 120 cm³/mol. The van der Waals surface area contributed by atoms with Crippen molar-refractivity contribution in [2.24, 2.45) is 23.2 Å². The third-order valence-corrected chi connectivity index (χ3v) is 9.21. The first-order valence-corrected chi connectivity index (χ1v) is 12.4. The molecule has 1 aromatic carbocycles. The van der Waals surface area contributed by atoms with Crippen molar-refractivity contribution in [1.82, 2.24) is 9.88 Å². The van der Waals surface area contributed by atoms with Crippen molar-refractivity contribution >= 4 is 21.6 Å². The molecule has 0 N–H and O–H groups in total. The number of hydrogen-bond acceptors (Lipinski definition) is 3. The number of rotatable bonds is 6. The van der Waals surface area contributed by atoms with Crippen LogP contribution < -0.4 is 0 Å². The van der Waals surface area contributed by atoms with Crippen LogP contribution in [0.1, 0.15) is 76.3 Å². The molecule has 1 unspecified atom stereocenters. The molecular formula is C25H36N2S. The van der Waals surface area contributed by atoms with Crippen LogP contribution in [-0.2, 0) is 6.42 Å². The van der Waals surface area contributed by atoms with Crippen LogP contribution >= 0.6 is 11.3 Å². The van der Waals surface area contributed by atoms with E-state index in [1.165, 1.54) is 66.8 Å². The number of nitrogens with zero attached hydrogens (tertiary/aromatic N) is 2. The van der Waals surface area contributed by atoms with Crippen LogP contribution in [0.4, 0.5) is 0 Å². The van der Waals surface area contributed by atoms with E-state index in [-0.39, 0.29) is 0 Å². The van der Waals surface area contributed by atoms with Gasteiger partial charge in [-0.25, -0.2) is 4.98 Å². The topological polar surface area (TPSA) is 16.1 Å². The molecule has 2 nitrogen and oxygen atoms in total. The number of thiazole rings is 1. The highest BCUT2D eigenvalue weighted by Crippen LogP contribution is 2.54. The smallest absolute Gasteiger partial charge is 0.0941 e. The van der Waals surface area contributed by atoms with Gasteiger partial charge in [-0.1, -0.05) is 26.8 Å². The van der Waals surface area contributed by atoms with Gasteiger partial charge >= 0.3 is 0 Å². The summed E-state index contributed by atoms with van der Waals surface area (Å²) in [5, 5.41) is 1.37. The van der Waals surface area contributed by atoms with Crippen LogP contribution in [0.25, 0.3) is 10.2 Å². The fourth-order valence-electron chi connectivity index (χ4n) is 6.14. The quantitative estimate of drug-likeness (QED) is 0.554. The van der Waals surface area contributed by atoms with E-state index < -0.39 is 0 Å². The van der Waals surface area contributed by atoms with Gasteiger partial charge in [0, 0.05) is 19.0 Å². The average Bonchev–Trinajstić information content (AvgIpc) is 3.17. The lowest BCUT2D eigenvalue weighted by Crippen LogP contribution is -2.42. The molecule has 1 spiro atoms. The van der Waals surface area contributed by atoms with Crippen LogP contribution in [0.5, 0.6) is 0 Å². The van der Waals surface area contributed by atoms with E-state index in [4.69, 9.17) is 4.98 Å². The van der Waals surface area contributed by atoms with E-state index in [2.05, 4.69) is 50.8 Å². The Hall–Kier alpha value is -0.930. The van der Waals surface area contributed by atoms with Gasteiger partial charge in [-0.3, -0.25) is 0 Å². The van der Waals surface area contributed by atoms with Gasteiger partial charge in [0.25, 0.3) is 0 Å². The Kier molecular flexibility index (Phi) is 4.83. The molecule has 1 aromatic heterocycles. The largest absolute Gasteiger partial charge is 0.300 e. The first kappa shape index (κ1) is 19.1. The minimum Gasteiger partial charge on any atom is -0.300 e. The van der Waals surface area contributed by atoms with Crippen LogP contribution in [0, 0.1) is 23.2 Å². The molecule has 28 heavy (non-hydrogen) atoms. The number of likely N-dealkylation sites (tertiary alicyclic amines) is 1. The second kappa shape index (κ2) is 7.09. The Morgan fingerprint density at radius 3 is 2.79 bits per heavy atom. The average molecular weight is 397 g/mol. The van der Waals surface area contributed by atoms with E-state index in [0.717, 1.165) is 29.7 Å². The summed E-state index contributed by atoms with van der Waals surface area (Å²) < 4.78 is 1.42. The standard InChI is InChI=1S/C25H36N2S/c1-5-17(4)27-9-8-25(15-27)13-18(14-25)10-24-26-22-7-6-19(11-23(22)28-24)21-12-20(21)16(2)3/h6-7,11,16-18,20-21H,5,8-10,12-15H2,1-4H3/t17?,18?,20-,21-,25?/m1/s1. The molecule has 1 saturated heterocycles. The Morgan fingerprint density at radius 1 is 1.25 bits per heavy atom. The molecule has 5 rings (SSSR count). The van der Waals surface area contributed by atoms with Crippen LogP contribution in [0.2, 0.25) is 0 Å². The molecule has 0 amide bonds. The fourth-order valence-corrected chi connectivity index (χ4v) is 7.27. The summed E-state index contributed by atoms with van der Waals surface area (Å²) in [7, 11) is 0. The number of aromatic nitrogens is 1. The maximum atomic E-state index is 4.99. The molecule has 3 heteroatoms. The van der Waals surface area contributed by atoms with Gasteiger partial charge in [0.1, 0.15) is 0 Å². The second-order valence-corrected chi connectivity index (χ2v) is 11.7. The van der Waals surface area contributed by atoms with Gasteiger partial charge in [0.2, 0.25) is 0 Å². The lowest BCUT2D eigenvalue weighted by molar-refractivity contribution is 0.0578. The third-order valence-electron chi connectivity index (χ3n) is 8.17. The minimum atomic E-state index is 0.649. The summed E-state index contributed by atoms with van der Waals surface area (Å²) >= 11 is 1.96. The van der Waals surface area contributed by atoms with Crippen LogP contribution in [0.15, 0.2) is 18.2 Å². The van der Waals surface area contributed by atoms with Gasteiger partial charge in [0.05, 0.1) is 15.2 Å². The highest BCUT2D eigenvalue weighted by Gasteiger charge is 2.48. The molecule has 2 aromatic rings. The molecule has 1 aliphatic heterocycles. The SMILES string of the molecule is CCC(C)N1CCC2(CC(Cc3nc4ccc([C@H]5C[C@@H]5C(C)C)cc4s3)C2)C1. The Balaban J connectivity index is 1.20. The fraction of sp³-hybridized carbons (Fsp3) is 0.720. The first-order chi connectivity index (χ1) is 13.5. The van der Waals surface area contributed by atoms with Crippen molar-refractivity contribution in [2.45, 2.75) is 78.2 Å². The van der Waals surface area contributed by atoms with Gasteiger partial charge in [-0.2, -0.15) is 0 Å². The van der Waals surface area contributed by atoms with E-state index in [9.17, 15) is 0 Å². The molecule has 3 aliphatic rings. The Bertz CT molecular complexity index is 847. The zero-order chi connectivity index (χ0) is 19.5. The third kappa shape index (κ3) is 3.43. The van der Waals surface area contributed by atoms with Gasteiger partial charge < -0.3 is 4.90 Å². The number of fused-ring (bicyclic) bond motifs is 1. The van der Waals surface area contributed by atoms with E-state index >= 15 is 0 Å². The second-order valence-electron chi connectivity index (χ2n) is 10.5. The summed E-state index contributed by atoms with van der Waals surface area (Å²) in [6.07, 6.45) is 8.16. The highest BCUT2D eigenvalue weighted by molar-refractivity contribution is 7.18. The van der Waals surface area contributed by atoms with E-state index in [0.29, 0.717) is 5.41 Å². The molecule has 2 aliphatic carbocycles. The molecule has 3 atom stereocenters. The van der Waals surface area contributed by atoms with Gasteiger partial charge in [-0.05, 0) is 92.4 Å². The molecule has 2 heterocycles. The molecule has 0 radical (unpaired) electrons. The summed E-state index contributed by atoms with van der Waals surface area (Å²) in [5.41, 5.74) is 3.43. The predicted octanol–water partition coefficient (Wildman–Crippen LogP) is 6.50. The van der Waals surface area contributed by atoms with Crippen LogP contribution in [-0.4, -0.2) is 29.0 Å². The molecule has 2 saturated carbocycles. The zero-order valence-electron chi connectivity index (χ0n) is 18.1. The molecular weight excluding hydrogens is 360 g/mol. The Morgan fingerprint density at radius 2 is 2.07 bits per heavy atom. The molecule has 0 bridgehead atoms. The van der Waals surface area contributed by atoms with Crippen molar-refractivity contribution < 1.29 is 0 Å². The van der Waals surface area contributed by atoms with Crippen molar-refractivity contribution in [3.8, 4) is 0 Å².